The zero-order valence-electron chi connectivity index (χ0n) is 28.8. The molecule has 0 saturated carbocycles. The zero-order valence-corrected chi connectivity index (χ0v) is 28.8. The fourth-order valence-corrected chi connectivity index (χ4v) is 6.83. The lowest BCUT2D eigenvalue weighted by atomic mass is 9.82. The van der Waals surface area contributed by atoms with Crippen molar-refractivity contribution in [3.05, 3.63) is 124 Å². The van der Waals surface area contributed by atoms with Gasteiger partial charge in [-0.05, 0) is 65.4 Å². The Morgan fingerprint density at radius 2 is 1.58 bits per heavy atom. The van der Waals surface area contributed by atoms with Crippen LogP contribution in [0.3, 0.4) is 0 Å². The molecule has 0 radical (unpaired) electrons. The number of nitrogens with zero attached hydrogens (tertiary/aromatic N) is 1. The van der Waals surface area contributed by atoms with Crippen LogP contribution in [0, 0.1) is 0 Å². The predicted molar refractivity (Wildman–Crippen MR) is 188 cm³/mol. The van der Waals surface area contributed by atoms with E-state index in [-0.39, 0.29) is 18.6 Å². The lowest BCUT2D eigenvalue weighted by molar-refractivity contribution is -0.263. The Bertz CT molecular complexity index is 1780. The van der Waals surface area contributed by atoms with Crippen LogP contribution in [0.1, 0.15) is 65.5 Å². The predicted octanol–water partition coefficient (Wildman–Crippen LogP) is 6.08. The Balaban J connectivity index is 1.34. The molecule has 0 spiro atoms. The van der Waals surface area contributed by atoms with Crippen LogP contribution in [0.15, 0.2) is 91.0 Å². The number of ether oxygens (including phenoxy) is 5. The highest BCUT2D eigenvalue weighted by Crippen LogP contribution is 2.47. The summed E-state index contributed by atoms with van der Waals surface area (Å²) in [6.45, 7) is 4.94. The van der Waals surface area contributed by atoms with Gasteiger partial charge in [-0.15, -0.1) is 0 Å². The number of methoxy groups -OCH3 is 2. The Hall–Kier alpha value is -4.74. The van der Waals surface area contributed by atoms with Gasteiger partial charge in [0.2, 0.25) is 0 Å². The fraction of sp³-hybridized carbons (Fsp3) is 0.350. The molecule has 1 amide bonds. The van der Waals surface area contributed by atoms with Gasteiger partial charge in [-0.1, -0.05) is 66.7 Å². The number of aliphatic hydroxyl groups is 1. The van der Waals surface area contributed by atoms with Gasteiger partial charge >= 0.3 is 5.97 Å². The largest absolute Gasteiger partial charge is 0.493 e. The van der Waals surface area contributed by atoms with Crippen LogP contribution < -0.4 is 14.8 Å². The average Bonchev–Trinajstić information content (AvgIpc) is 3.14. The summed E-state index contributed by atoms with van der Waals surface area (Å²) in [5, 5.41) is 12.6. The van der Waals surface area contributed by atoms with Gasteiger partial charge in [0.25, 0.3) is 5.91 Å². The smallest absolute Gasteiger partial charge is 0.303 e. The molecule has 2 heterocycles. The fourth-order valence-electron chi connectivity index (χ4n) is 6.83. The van der Waals surface area contributed by atoms with E-state index in [1.165, 1.54) is 25.0 Å². The average molecular weight is 681 g/mol. The first-order valence-corrected chi connectivity index (χ1v) is 16.9. The number of carbonyl (C=O) groups excluding carboxylic acids is 2. The number of aliphatic hydroxyl groups excluding tert-OH is 1. The van der Waals surface area contributed by atoms with Crippen molar-refractivity contribution in [2.45, 2.75) is 63.9 Å². The van der Waals surface area contributed by atoms with E-state index < -0.39 is 30.4 Å². The Morgan fingerprint density at radius 1 is 0.880 bits per heavy atom. The van der Waals surface area contributed by atoms with E-state index in [0.29, 0.717) is 18.0 Å². The first kappa shape index (κ1) is 35.1. The van der Waals surface area contributed by atoms with Crippen LogP contribution in [0.25, 0.3) is 0 Å². The topological polar surface area (TPSA) is 116 Å². The number of carbonyl (C=O) groups is 2. The summed E-state index contributed by atoms with van der Waals surface area (Å²) >= 11 is 0. The van der Waals surface area contributed by atoms with Gasteiger partial charge in [0, 0.05) is 43.7 Å². The lowest BCUT2D eigenvalue weighted by Gasteiger charge is -2.45. The van der Waals surface area contributed by atoms with E-state index in [4.69, 9.17) is 23.7 Å². The van der Waals surface area contributed by atoms with Crippen molar-refractivity contribution in [1.82, 2.24) is 4.90 Å². The highest BCUT2D eigenvalue weighted by Gasteiger charge is 2.43. The minimum atomic E-state index is -0.948. The first-order chi connectivity index (χ1) is 24.3. The van der Waals surface area contributed by atoms with Crippen LogP contribution in [-0.2, 0) is 43.4 Å². The second kappa shape index (κ2) is 15.9. The highest BCUT2D eigenvalue weighted by atomic mass is 16.7. The monoisotopic (exact) mass is 680 g/mol. The third-order valence-electron chi connectivity index (χ3n) is 9.34. The third-order valence-corrected chi connectivity index (χ3v) is 9.34. The van der Waals surface area contributed by atoms with Crippen molar-refractivity contribution < 1.29 is 38.4 Å². The minimum Gasteiger partial charge on any atom is -0.493 e. The molecule has 50 heavy (non-hydrogen) atoms. The van der Waals surface area contributed by atoms with Crippen LogP contribution in [0.4, 0.5) is 5.69 Å². The number of fused-ring (bicyclic) bond motifs is 1. The molecule has 2 N–H and O–H groups in total. The SMILES string of the molecule is COc1cc2c(cc1OC)CN(C[C@H]1OC(c3cccc(NC(=O)[C@H](C)OC(C)=O)c3)O[C@@H](c3ccc(CO)cc3)[C@@H]1c1ccccc1)CC2. The van der Waals surface area contributed by atoms with Crippen molar-refractivity contribution in [2.24, 2.45) is 0 Å². The van der Waals surface area contributed by atoms with Gasteiger partial charge in [0.05, 0.1) is 33.0 Å². The van der Waals surface area contributed by atoms with Crippen LogP contribution in [-0.4, -0.2) is 61.4 Å². The normalized spacial score (nSPS) is 21.1. The molecular weight excluding hydrogens is 636 g/mol. The molecule has 1 unspecified atom stereocenters. The summed E-state index contributed by atoms with van der Waals surface area (Å²) in [5.74, 6) is 0.309. The van der Waals surface area contributed by atoms with Crippen molar-refractivity contribution in [3.63, 3.8) is 0 Å². The molecule has 6 rings (SSSR count). The molecule has 1 saturated heterocycles. The molecule has 262 valence electrons. The number of esters is 1. The molecule has 2 aliphatic rings. The van der Waals surface area contributed by atoms with E-state index in [2.05, 4.69) is 34.5 Å². The Labute approximate surface area is 292 Å². The lowest BCUT2D eigenvalue weighted by Crippen LogP contribution is -2.45. The highest BCUT2D eigenvalue weighted by molar-refractivity contribution is 5.95. The van der Waals surface area contributed by atoms with Crippen LogP contribution >= 0.6 is 0 Å². The number of anilines is 1. The van der Waals surface area contributed by atoms with Crippen LogP contribution in [0.2, 0.25) is 0 Å². The number of rotatable bonds is 11. The maximum absolute atomic E-state index is 12.8. The standard InChI is InChI=1S/C40H44N2O8/c1-25(48-26(2)44)39(45)41-33-12-8-11-31(19-33)40-49-36(23-42-18-17-30-20-34(46-3)35(47-4)21-32(30)22-42)37(28-9-6-5-7-10-28)38(50-40)29-15-13-27(24-43)14-16-29/h5-16,19-21,25,36-38,40,43H,17-18,22-24H2,1-4H3,(H,41,45)/t25-,36+,37+,38-,40?/m0/s1. The number of amides is 1. The summed E-state index contributed by atoms with van der Waals surface area (Å²) in [7, 11) is 3.31. The van der Waals surface area contributed by atoms with E-state index in [1.807, 2.05) is 60.7 Å². The zero-order chi connectivity index (χ0) is 35.2. The summed E-state index contributed by atoms with van der Waals surface area (Å²) in [6, 6.07) is 29.6. The van der Waals surface area contributed by atoms with Gasteiger partial charge in [0.1, 0.15) is 0 Å². The molecule has 2 aliphatic heterocycles. The first-order valence-electron chi connectivity index (χ1n) is 16.9. The second-order valence-corrected chi connectivity index (χ2v) is 12.7. The van der Waals surface area contributed by atoms with Crippen molar-refractivity contribution in [1.29, 1.82) is 0 Å². The van der Waals surface area contributed by atoms with Gasteiger partial charge in [0.15, 0.2) is 23.9 Å². The van der Waals surface area contributed by atoms with Gasteiger partial charge < -0.3 is 34.1 Å². The van der Waals surface area contributed by atoms with Crippen molar-refractivity contribution >= 4 is 17.6 Å². The van der Waals surface area contributed by atoms with E-state index in [9.17, 15) is 14.7 Å². The molecular formula is C40H44N2O8. The molecule has 0 aliphatic carbocycles. The number of hydrogen-bond acceptors (Lipinski definition) is 9. The molecule has 0 bridgehead atoms. The van der Waals surface area contributed by atoms with Gasteiger partial charge in [-0.2, -0.15) is 0 Å². The van der Waals surface area contributed by atoms with Crippen LogP contribution in [0.5, 0.6) is 11.5 Å². The molecule has 1 fully saturated rings. The third kappa shape index (κ3) is 8.00. The molecule has 0 aromatic heterocycles. The van der Waals surface area contributed by atoms with Crippen molar-refractivity contribution in [2.75, 3.05) is 32.6 Å². The maximum Gasteiger partial charge on any atom is 0.303 e. The Morgan fingerprint density at radius 3 is 2.26 bits per heavy atom. The number of benzene rings is 4. The number of nitrogens with one attached hydrogen (secondary N) is 1. The van der Waals surface area contributed by atoms with E-state index >= 15 is 0 Å². The van der Waals surface area contributed by atoms with Gasteiger partial charge in [-0.25, -0.2) is 0 Å². The minimum absolute atomic E-state index is 0.0516. The second-order valence-electron chi connectivity index (χ2n) is 12.7. The number of hydrogen-bond donors (Lipinski definition) is 2. The molecule has 4 aromatic carbocycles. The quantitative estimate of drug-likeness (QED) is 0.182. The van der Waals surface area contributed by atoms with E-state index in [0.717, 1.165) is 47.5 Å². The summed E-state index contributed by atoms with van der Waals surface area (Å²) in [5.41, 5.74) is 6.57. The maximum atomic E-state index is 12.8. The Kier molecular flexibility index (Phi) is 11.1. The van der Waals surface area contributed by atoms with Crippen molar-refractivity contribution in [3.8, 4) is 11.5 Å². The molecule has 4 aromatic rings. The van der Waals surface area contributed by atoms with Gasteiger partial charge in [-0.3, -0.25) is 14.5 Å². The summed E-state index contributed by atoms with van der Waals surface area (Å²) < 4.78 is 30.1. The molecule has 5 atom stereocenters. The van der Waals surface area contributed by atoms with E-state index in [1.54, 1.807) is 20.3 Å². The summed E-state index contributed by atoms with van der Waals surface area (Å²) in [6.07, 6.45) is -1.53. The molecule has 10 nitrogen and oxygen atoms in total. The molecule has 10 heteroatoms. The summed E-state index contributed by atoms with van der Waals surface area (Å²) in [4.78, 5) is 26.6.